The van der Waals surface area contributed by atoms with Crippen molar-refractivity contribution in [3.8, 4) is 0 Å². The topological polar surface area (TPSA) is 18.5 Å². The Bertz CT molecular complexity index is 325. The SMILES string of the molecule is c1cc(C2CC2)cc(C2OCCO2)c1. The number of rotatable bonds is 2. The van der Waals surface area contributed by atoms with Crippen LogP contribution in [-0.4, -0.2) is 13.2 Å². The van der Waals surface area contributed by atoms with Gasteiger partial charge in [0, 0.05) is 5.56 Å². The second kappa shape index (κ2) is 3.37. The molecule has 0 amide bonds. The van der Waals surface area contributed by atoms with Crippen LogP contribution >= 0.6 is 0 Å². The van der Waals surface area contributed by atoms with Crippen molar-refractivity contribution in [2.24, 2.45) is 0 Å². The molecule has 2 aliphatic rings. The van der Waals surface area contributed by atoms with Gasteiger partial charge in [0.2, 0.25) is 0 Å². The van der Waals surface area contributed by atoms with E-state index in [9.17, 15) is 0 Å². The Morgan fingerprint density at radius 2 is 1.71 bits per heavy atom. The molecule has 0 N–H and O–H groups in total. The molecule has 2 heteroatoms. The molecule has 0 aromatic heterocycles. The van der Waals surface area contributed by atoms with Crippen molar-refractivity contribution in [3.63, 3.8) is 0 Å². The highest BCUT2D eigenvalue weighted by atomic mass is 16.7. The fourth-order valence-corrected chi connectivity index (χ4v) is 1.93. The van der Waals surface area contributed by atoms with Crippen LogP contribution in [0.1, 0.15) is 36.2 Å². The molecule has 0 bridgehead atoms. The van der Waals surface area contributed by atoms with Gasteiger partial charge < -0.3 is 9.47 Å². The van der Waals surface area contributed by atoms with Crippen molar-refractivity contribution in [2.45, 2.75) is 25.0 Å². The van der Waals surface area contributed by atoms with Crippen molar-refractivity contribution in [2.75, 3.05) is 13.2 Å². The molecule has 1 heterocycles. The molecule has 1 saturated heterocycles. The molecule has 1 aliphatic heterocycles. The zero-order valence-corrected chi connectivity index (χ0v) is 8.11. The van der Waals surface area contributed by atoms with E-state index in [0.717, 1.165) is 19.1 Å². The van der Waals surface area contributed by atoms with Crippen molar-refractivity contribution in [1.29, 1.82) is 0 Å². The van der Waals surface area contributed by atoms with Crippen molar-refractivity contribution in [1.82, 2.24) is 0 Å². The van der Waals surface area contributed by atoms with Gasteiger partial charge >= 0.3 is 0 Å². The molecule has 2 fully saturated rings. The van der Waals surface area contributed by atoms with Crippen LogP contribution in [-0.2, 0) is 9.47 Å². The van der Waals surface area contributed by atoms with E-state index in [0.29, 0.717) is 0 Å². The summed E-state index contributed by atoms with van der Waals surface area (Å²) in [4.78, 5) is 0. The number of hydrogen-bond donors (Lipinski definition) is 0. The quantitative estimate of drug-likeness (QED) is 0.713. The lowest BCUT2D eigenvalue weighted by molar-refractivity contribution is -0.0441. The lowest BCUT2D eigenvalue weighted by Gasteiger charge is -2.10. The van der Waals surface area contributed by atoms with Gasteiger partial charge in [-0.1, -0.05) is 24.3 Å². The first kappa shape index (κ1) is 8.45. The molecule has 0 radical (unpaired) electrons. The van der Waals surface area contributed by atoms with E-state index in [2.05, 4.69) is 24.3 Å². The van der Waals surface area contributed by atoms with Crippen molar-refractivity contribution >= 4 is 0 Å². The maximum Gasteiger partial charge on any atom is 0.184 e. The third kappa shape index (κ3) is 1.56. The first-order valence-electron chi connectivity index (χ1n) is 5.26. The summed E-state index contributed by atoms with van der Waals surface area (Å²) in [6.07, 6.45) is 2.57. The van der Waals surface area contributed by atoms with Gasteiger partial charge in [0.1, 0.15) is 0 Å². The van der Waals surface area contributed by atoms with Crippen LogP contribution in [0.25, 0.3) is 0 Å². The van der Waals surface area contributed by atoms with Crippen molar-refractivity contribution < 1.29 is 9.47 Å². The molecule has 3 rings (SSSR count). The lowest BCUT2D eigenvalue weighted by Crippen LogP contribution is -1.98. The monoisotopic (exact) mass is 190 g/mol. The molecule has 2 nitrogen and oxygen atoms in total. The van der Waals surface area contributed by atoms with E-state index < -0.39 is 0 Å². The standard InChI is InChI=1S/C12H14O2/c1-2-10(9-4-5-9)8-11(3-1)12-13-6-7-14-12/h1-3,8-9,12H,4-7H2. The summed E-state index contributed by atoms with van der Waals surface area (Å²) in [7, 11) is 0. The molecule has 1 aliphatic carbocycles. The molecular weight excluding hydrogens is 176 g/mol. The molecule has 74 valence electrons. The zero-order chi connectivity index (χ0) is 9.38. The minimum absolute atomic E-state index is 0.117. The summed E-state index contributed by atoms with van der Waals surface area (Å²) in [6.45, 7) is 1.44. The van der Waals surface area contributed by atoms with Crippen LogP contribution < -0.4 is 0 Å². The van der Waals surface area contributed by atoms with E-state index >= 15 is 0 Å². The first-order chi connectivity index (χ1) is 6.93. The van der Waals surface area contributed by atoms with Crippen LogP contribution in [0.15, 0.2) is 24.3 Å². The summed E-state index contributed by atoms with van der Waals surface area (Å²) < 4.78 is 10.9. The first-order valence-corrected chi connectivity index (χ1v) is 5.26. The van der Waals surface area contributed by atoms with Gasteiger partial charge in [-0.3, -0.25) is 0 Å². The minimum Gasteiger partial charge on any atom is -0.346 e. The second-order valence-electron chi connectivity index (χ2n) is 4.02. The van der Waals surface area contributed by atoms with Crippen LogP contribution in [0, 0.1) is 0 Å². The average molecular weight is 190 g/mol. The Morgan fingerprint density at radius 1 is 1.00 bits per heavy atom. The van der Waals surface area contributed by atoms with Gasteiger partial charge in [-0.2, -0.15) is 0 Å². The zero-order valence-electron chi connectivity index (χ0n) is 8.11. The van der Waals surface area contributed by atoms with Gasteiger partial charge in [-0.25, -0.2) is 0 Å². The lowest BCUT2D eigenvalue weighted by atomic mass is 10.1. The fourth-order valence-electron chi connectivity index (χ4n) is 1.93. The predicted molar refractivity (Wildman–Crippen MR) is 53.1 cm³/mol. The Morgan fingerprint density at radius 3 is 2.43 bits per heavy atom. The molecule has 1 saturated carbocycles. The van der Waals surface area contributed by atoms with Crippen LogP contribution in [0.2, 0.25) is 0 Å². The van der Waals surface area contributed by atoms with E-state index in [-0.39, 0.29) is 6.29 Å². The summed E-state index contributed by atoms with van der Waals surface area (Å²) in [5.74, 6) is 0.802. The Kier molecular flexibility index (Phi) is 2.03. The molecule has 0 spiro atoms. The van der Waals surface area contributed by atoms with E-state index in [1.54, 1.807) is 0 Å². The number of hydrogen-bond acceptors (Lipinski definition) is 2. The van der Waals surface area contributed by atoms with Crippen LogP contribution in [0.5, 0.6) is 0 Å². The van der Waals surface area contributed by atoms with Gasteiger partial charge in [-0.05, 0) is 24.3 Å². The number of benzene rings is 1. The van der Waals surface area contributed by atoms with Gasteiger partial charge in [0.15, 0.2) is 6.29 Å². The normalized spacial score (nSPS) is 22.9. The Labute approximate surface area is 83.8 Å². The Balaban J connectivity index is 1.85. The van der Waals surface area contributed by atoms with E-state index in [4.69, 9.17) is 9.47 Å². The highest BCUT2D eigenvalue weighted by Crippen LogP contribution is 2.40. The summed E-state index contributed by atoms with van der Waals surface area (Å²) in [5.41, 5.74) is 2.62. The molecule has 1 aromatic rings. The smallest absolute Gasteiger partial charge is 0.184 e. The van der Waals surface area contributed by atoms with Crippen molar-refractivity contribution in [3.05, 3.63) is 35.4 Å². The highest BCUT2D eigenvalue weighted by Gasteiger charge is 2.25. The van der Waals surface area contributed by atoms with Crippen LogP contribution in [0.4, 0.5) is 0 Å². The largest absolute Gasteiger partial charge is 0.346 e. The maximum atomic E-state index is 5.47. The third-order valence-corrected chi connectivity index (χ3v) is 2.85. The van der Waals surface area contributed by atoms with E-state index in [1.807, 2.05) is 0 Å². The number of ether oxygens (including phenoxy) is 2. The molecule has 0 unspecified atom stereocenters. The molecule has 0 atom stereocenters. The summed E-state index contributed by atoms with van der Waals surface area (Å²) in [6, 6.07) is 8.62. The molecular formula is C12H14O2. The maximum absolute atomic E-state index is 5.47. The van der Waals surface area contributed by atoms with Gasteiger partial charge in [0.05, 0.1) is 13.2 Å². The fraction of sp³-hybridized carbons (Fsp3) is 0.500. The Hall–Kier alpha value is -0.860. The molecule has 1 aromatic carbocycles. The average Bonchev–Trinajstić information content (AvgIpc) is 2.94. The molecule has 14 heavy (non-hydrogen) atoms. The minimum atomic E-state index is -0.117. The van der Waals surface area contributed by atoms with Crippen LogP contribution in [0.3, 0.4) is 0 Å². The van der Waals surface area contributed by atoms with Gasteiger partial charge in [0.25, 0.3) is 0 Å². The summed E-state index contributed by atoms with van der Waals surface area (Å²) in [5, 5.41) is 0. The summed E-state index contributed by atoms with van der Waals surface area (Å²) >= 11 is 0. The van der Waals surface area contributed by atoms with E-state index in [1.165, 1.54) is 24.0 Å². The van der Waals surface area contributed by atoms with Gasteiger partial charge in [-0.15, -0.1) is 0 Å². The second-order valence-corrected chi connectivity index (χ2v) is 4.02. The third-order valence-electron chi connectivity index (χ3n) is 2.85. The highest BCUT2D eigenvalue weighted by molar-refractivity contribution is 5.29. The predicted octanol–water partition coefficient (Wildman–Crippen LogP) is 2.61.